The minimum absolute atomic E-state index is 0.571. The SMILES string of the molecule is c1ccc(-c2nc(-c3cccc4c3oc3ccccc34)nc(-c3cccc4c3sc3c4ccc4c(-c5ccccc5)nc5ccccc5c43)n2)cc1. The number of aromatic nitrogens is 4. The minimum atomic E-state index is 0.571. The molecule has 5 nitrogen and oxygen atoms in total. The van der Waals surface area contributed by atoms with Gasteiger partial charge in [-0.3, -0.25) is 0 Å². The molecule has 0 bridgehead atoms. The van der Waals surface area contributed by atoms with Crippen LogP contribution in [0.4, 0.5) is 0 Å². The Morgan fingerprint density at radius 1 is 0.385 bits per heavy atom. The Balaban J connectivity index is 1.20. The molecule has 6 heteroatoms. The molecule has 0 radical (unpaired) electrons. The number of nitrogens with zero attached hydrogens (tertiary/aromatic N) is 4. The number of hydrogen-bond acceptors (Lipinski definition) is 6. The van der Waals surface area contributed by atoms with E-state index in [0.29, 0.717) is 17.5 Å². The summed E-state index contributed by atoms with van der Waals surface area (Å²) in [4.78, 5) is 20.6. The number of benzene rings is 7. The Morgan fingerprint density at radius 3 is 1.81 bits per heavy atom. The number of thiophene rings is 1. The molecule has 0 N–H and O–H groups in total. The van der Waals surface area contributed by atoms with Gasteiger partial charge in [0.2, 0.25) is 0 Å². The van der Waals surface area contributed by atoms with Crippen molar-refractivity contribution in [3.63, 3.8) is 0 Å². The van der Waals surface area contributed by atoms with E-state index in [-0.39, 0.29) is 0 Å². The maximum atomic E-state index is 6.45. The van der Waals surface area contributed by atoms with Crippen LogP contribution < -0.4 is 0 Å². The molecule has 0 saturated heterocycles. The summed E-state index contributed by atoms with van der Waals surface area (Å²) in [7, 11) is 0. The van der Waals surface area contributed by atoms with Gasteiger partial charge in [0.05, 0.1) is 16.8 Å². The second kappa shape index (κ2) is 11.4. The van der Waals surface area contributed by atoms with Crippen LogP contribution in [-0.4, -0.2) is 19.9 Å². The first kappa shape index (κ1) is 29.0. The Bertz CT molecular complexity index is 3190. The highest BCUT2D eigenvalue weighted by molar-refractivity contribution is 7.27. The fourth-order valence-corrected chi connectivity index (χ4v) is 8.91. The van der Waals surface area contributed by atoms with Crippen molar-refractivity contribution in [2.45, 2.75) is 0 Å². The van der Waals surface area contributed by atoms with E-state index in [1.165, 1.54) is 20.9 Å². The van der Waals surface area contributed by atoms with E-state index in [2.05, 4.69) is 91.0 Å². The smallest absolute Gasteiger partial charge is 0.167 e. The highest BCUT2D eigenvalue weighted by atomic mass is 32.1. The average Bonchev–Trinajstić information content (AvgIpc) is 3.80. The summed E-state index contributed by atoms with van der Waals surface area (Å²) < 4.78 is 8.81. The summed E-state index contributed by atoms with van der Waals surface area (Å²) in [5.74, 6) is 1.80. The fourth-order valence-electron chi connectivity index (χ4n) is 7.54. The van der Waals surface area contributed by atoms with Crippen LogP contribution in [0.3, 0.4) is 0 Å². The lowest BCUT2D eigenvalue weighted by Gasteiger charge is -2.11. The molecule has 0 aliphatic carbocycles. The summed E-state index contributed by atoms with van der Waals surface area (Å²) in [6.07, 6.45) is 0. The molecule has 7 aromatic carbocycles. The topological polar surface area (TPSA) is 64.7 Å². The predicted molar refractivity (Wildman–Crippen MR) is 215 cm³/mol. The molecule has 0 spiro atoms. The maximum Gasteiger partial charge on any atom is 0.167 e. The predicted octanol–water partition coefficient (Wildman–Crippen LogP) is 12.5. The van der Waals surface area contributed by atoms with Gasteiger partial charge in [0, 0.05) is 63.8 Å². The first-order chi connectivity index (χ1) is 25.8. The average molecular weight is 683 g/mol. The van der Waals surface area contributed by atoms with Crippen LogP contribution in [0, 0.1) is 0 Å². The molecule has 0 atom stereocenters. The largest absolute Gasteiger partial charge is 0.455 e. The van der Waals surface area contributed by atoms with Crippen LogP contribution in [0.25, 0.3) is 109 Å². The van der Waals surface area contributed by atoms with Crippen LogP contribution in [0.2, 0.25) is 0 Å². The van der Waals surface area contributed by atoms with Crippen molar-refractivity contribution in [3.05, 3.63) is 158 Å². The van der Waals surface area contributed by atoms with Gasteiger partial charge in [0.25, 0.3) is 0 Å². The van der Waals surface area contributed by atoms with Crippen molar-refractivity contribution in [1.29, 1.82) is 0 Å². The third kappa shape index (κ3) is 4.41. The van der Waals surface area contributed by atoms with Gasteiger partial charge in [-0.15, -0.1) is 11.3 Å². The van der Waals surface area contributed by atoms with E-state index in [0.717, 1.165) is 70.9 Å². The zero-order valence-corrected chi connectivity index (χ0v) is 28.4. The lowest BCUT2D eigenvalue weighted by Crippen LogP contribution is -2.00. The van der Waals surface area contributed by atoms with Gasteiger partial charge in [-0.05, 0) is 24.3 Å². The van der Waals surface area contributed by atoms with Crippen LogP contribution in [-0.2, 0) is 0 Å². The van der Waals surface area contributed by atoms with E-state index >= 15 is 0 Å². The summed E-state index contributed by atoms with van der Waals surface area (Å²) in [5, 5.41) is 7.97. The summed E-state index contributed by atoms with van der Waals surface area (Å²) in [6.45, 7) is 0. The number of fused-ring (bicyclic) bond motifs is 10. The molecule has 0 unspecified atom stereocenters. The fraction of sp³-hybridized carbons (Fsp3) is 0. The first-order valence-corrected chi connectivity index (χ1v) is 18.0. The minimum Gasteiger partial charge on any atom is -0.455 e. The molecule has 4 heterocycles. The number of hydrogen-bond donors (Lipinski definition) is 0. The molecule has 11 aromatic rings. The van der Waals surface area contributed by atoms with Crippen LogP contribution in [0.15, 0.2) is 162 Å². The zero-order chi connectivity index (χ0) is 34.2. The summed E-state index contributed by atoms with van der Waals surface area (Å²) >= 11 is 1.79. The monoisotopic (exact) mass is 682 g/mol. The second-order valence-corrected chi connectivity index (χ2v) is 14.0. The standard InChI is InChI=1S/C46H26N4OS/c1-3-13-27(14-4-1)40-34-26-25-32-31-20-12-22-36(42(31)52-43(32)39(34)33-18-7-9-23-37(33)47-40)46-49-44(28-15-5-2-6-16-28)48-45(50-46)35-21-11-19-30-29-17-8-10-24-38(29)51-41(30)35/h1-26H. The first-order valence-electron chi connectivity index (χ1n) is 17.2. The van der Waals surface area contributed by atoms with Crippen molar-refractivity contribution >= 4 is 75.1 Å². The maximum absolute atomic E-state index is 6.45. The Labute approximate surface area is 301 Å². The Hall–Kier alpha value is -6.76. The molecular weight excluding hydrogens is 657 g/mol. The van der Waals surface area contributed by atoms with Gasteiger partial charge >= 0.3 is 0 Å². The van der Waals surface area contributed by atoms with Gasteiger partial charge in [-0.25, -0.2) is 19.9 Å². The third-order valence-corrected chi connectivity index (χ3v) is 11.2. The highest BCUT2D eigenvalue weighted by Gasteiger charge is 2.21. The molecule has 52 heavy (non-hydrogen) atoms. The van der Waals surface area contributed by atoms with Crippen molar-refractivity contribution in [2.24, 2.45) is 0 Å². The van der Waals surface area contributed by atoms with Crippen molar-refractivity contribution in [2.75, 3.05) is 0 Å². The van der Waals surface area contributed by atoms with Crippen molar-refractivity contribution < 1.29 is 4.42 Å². The van der Waals surface area contributed by atoms with Gasteiger partial charge in [0.15, 0.2) is 17.5 Å². The highest BCUT2D eigenvalue weighted by Crippen LogP contribution is 2.46. The van der Waals surface area contributed by atoms with Gasteiger partial charge in [-0.1, -0.05) is 133 Å². The molecule has 0 amide bonds. The number of furan rings is 1. The van der Waals surface area contributed by atoms with Crippen LogP contribution in [0.5, 0.6) is 0 Å². The van der Waals surface area contributed by atoms with Crippen LogP contribution >= 0.6 is 11.3 Å². The second-order valence-electron chi connectivity index (χ2n) is 12.9. The Morgan fingerprint density at radius 2 is 0.981 bits per heavy atom. The van der Waals surface area contributed by atoms with Gasteiger partial charge < -0.3 is 4.42 Å². The molecule has 4 aromatic heterocycles. The molecule has 0 fully saturated rings. The van der Waals surface area contributed by atoms with E-state index in [9.17, 15) is 0 Å². The van der Waals surface area contributed by atoms with E-state index in [1.807, 2.05) is 66.7 Å². The van der Waals surface area contributed by atoms with Crippen molar-refractivity contribution in [3.8, 4) is 45.4 Å². The lowest BCUT2D eigenvalue weighted by molar-refractivity contribution is 0.669. The van der Waals surface area contributed by atoms with E-state index in [1.54, 1.807) is 11.3 Å². The quantitative estimate of drug-likeness (QED) is 0.173. The number of para-hydroxylation sites is 3. The molecular formula is C46H26N4OS. The third-order valence-electron chi connectivity index (χ3n) is 9.93. The molecule has 0 aliphatic heterocycles. The lowest BCUT2D eigenvalue weighted by atomic mass is 9.98. The van der Waals surface area contributed by atoms with Crippen LogP contribution in [0.1, 0.15) is 0 Å². The number of rotatable bonds is 4. The normalized spacial score (nSPS) is 11.8. The number of pyridine rings is 1. The zero-order valence-electron chi connectivity index (χ0n) is 27.6. The van der Waals surface area contributed by atoms with Gasteiger partial charge in [0.1, 0.15) is 11.2 Å². The molecule has 242 valence electrons. The van der Waals surface area contributed by atoms with E-state index < -0.39 is 0 Å². The summed E-state index contributed by atoms with van der Waals surface area (Å²) in [5.41, 5.74) is 7.39. The molecule has 11 rings (SSSR count). The molecule has 0 saturated carbocycles. The Kier molecular flexibility index (Phi) is 6.35. The van der Waals surface area contributed by atoms with Gasteiger partial charge in [-0.2, -0.15) is 0 Å². The van der Waals surface area contributed by atoms with E-state index in [4.69, 9.17) is 24.4 Å². The summed E-state index contributed by atoms with van der Waals surface area (Å²) in [6, 6.07) is 54.3. The molecule has 0 aliphatic rings. The van der Waals surface area contributed by atoms with Crippen molar-refractivity contribution in [1.82, 2.24) is 19.9 Å².